The van der Waals surface area contributed by atoms with Gasteiger partial charge >= 0.3 is 18.0 Å². The molecule has 10 heteroatoms. The quantitative estimate of drug-likeness (QED) is 0.146. The summed E-state index contributed by atoms with van der Waals surface area (Å²) in [6, 6.07) is 31.6. The van der Waals surface area contributed by atoms with Crippen LogP contribution in [0.25, 0.3) is 0 Å². The van der Waals surface area contributed by atoms with Gasteiger partial charge in [0.1, 0.15) is 13.2 Å². The summed E-state index contributed by atoms with van der Waals surface area (Å²) in [6.45, 7) is 3.56. The molecule has 0 aromatic heterocycles. The van der Waals surface area contributed by atoms with Gasteiger partial charge in [-0.1, -0.05) is 91.0 Å². The zero-order chi connectivity index (χ0) is 31.0. The first-order valence-corrected chi connectivity index (χ1v) is 14.9. The Labute approximate surface area is 258 Å². The summed E-state index contributed by atoms with van der Waals surface area (Å²) < 4.78 is 21.1. The number of carbonyl (C=O) groups is 3. The van der Waals surface area contributed by atoms with Gasteiger partial charge in [-0.2, -0.15) is 0 Å². The third kappa shape index (κ3) is 8.89. The van der Waals surface area contributed by atoms with E-state index in [1.54, 1.807) is 4.90 Å². The highest BCUT2D eigenvalue weighted by Gasteiger charge is 2.43. The fraction of sp³-hybridized carbons (Fsp3) is 0.382. The zero-order valence-corrected chi connectivity index (χ0v) is 24.8. The van der Waals surface area contributed by atoms with Crippen molar-refractivity contribution in [1.29, 1.82) is 0 Å². The van der Waals surface area contributed by atoms with Gasteiger partial charge in [0.05, 0.1) is 44.8 Å². The van der Waals surface area contributed by atoms with E-state index in [-0.39, 0.29) is 52.0 Å². The molecule has 234 valence electrons. The predicted octanol–water partition coefficient (Wildman–Crippen LogP) is 4.17. The molecule has 4 rings (SSSR count). The highest BCUT2D eigenvalue weighted by atomic mass is 16.6. The van der Waals surface area contributed by atoms with Gasteiger partial charge in [-0.3, -0.25) is 14.5 Å². The molecule has 0 atom stereocenters. The molecule has 0 aliphatic carbocycles. The van der Waals surface area contributed by atoms with E-state index in [2.05, 4.69) is 77.7 Å². The smallest absolute Gasteiger partial charge is 0.409 e. The molecule has 1 amide bonds. The molecular formula is C34H40N2O8. The Hall–Kier alpha value is -4.25. The first kappa shape index (κ1) is 32.7. The van der Waals surface area contributed by atoms with Gasteiger partial charge < -0.3 is 29.0 Å². The van der Waals surface area contributed by atoms with Gasteiger partial charge in [0.2, 0.25) is 0 Å². The standard InChI is InChI=1S/C34H40N2O8/c37-31(38)16-17-32(39)43-26-24-41-22-23-42-25-27-44-33(40)35-18-20-36(21-19-35)34(28-10-4-1-5-11-28,29-12-6-2-7-13-29)30-14-8-3-9-15-30/h1-15H,16-27H2,(H,37,38). The minimum Gasteiger partial charge on any atom is -0.481 e. The molecular weight excluding hydrogens is 564 g/mol. The average Bonchev–Trinajstić information content (AvgIpc) is 3.06. The summed E-state index contributed by atoms with van der Waals surface area (Å²) in [5.41, 5.74) is 3.00. The van der Waals surface area contributed by atoms with Crippen LogP contribution < -0.4 is 0 Å². The van der Waals surface area contributed by atoms with Gasteiger partial charge in [0.25, 0.3) is 0 Å². The summed E-state index contributed by atoms with van der Waals surface area (Å²) in [5.74, 6) is -1.62. The molecule has 1 aliphatic heterocycles. The summed E-state index contributed by atoms with van der Waals surface area (Å²) in [5, 5.41) is 8.56. The molecule has 0 unspecified atom stereocenters. The van der Waals surface area contributed by atoms with E-state index < -0.39 is 17.5 Å². The Kier molecular flexibility index (Phi) is 12.7. The number of piperazine rings is 1. The lowest BCUT2D eigenvalue weighted by molar-refractivity contribution is -0.149. The van der Waals surface area contributed by atoms with Gasteiger partial charge in [-0.05, 0) is 16.7 Å². The predicted molar refractivity (Wildman–Crippen MR) is 163 cm³/mol. The Morgan fingerprint density at radius 3 is 1.48 bits per heavy atom. The molecule has 1 fully saturated rings. The number of rotatable bonds is 16. The number of ether oxygens (including phenoxy) is 4. The SMILES string of the molecule is O=C(O)CCC(=O)OCCOCCOCCOC(=O)N1CCN(C(c2ccccc2)(c2ccccc2)c2ccccc2)CC1. The number of hydrogen-bond donors (Lipinski definition) is 1. The normalized spacial score (nSPS) is 13.8. The first-order valence-electron chi connectivity index (χ1n) is 14.9. The van der Waals surface area contributed by atoms with E-state index in [1.165, 1.54) is 16.7 Å². The van der Waals surface area contributed by atoms with Gasteiger partial charge in [-0.25, -0.2) is 4.79 Å². The summed E-state index contributed by atoms with van der Waals surface area (Å²) >= 11 is 0. The Bertz CT molecular complexity index is 1200. The van der Waals surface area contributed by atoms with Crippen molar-refractivity contribution in [2.75, 3.05) is 65.8 Å². The fourth-order valence-electron chi connectivity index (χ4n) is 5.41. The van der Waals surface area contributed by atoms with Crippen LogP contribution in [0.1, 0.15) is 29.5 Å². The van der Waals surface area contributed by atoms with Gasteiger partial charge in [0, 0.05) is 26.2 Å². The van der Waals surface area contributed by atoms with Crippen molar-refractivity contribution in [3.8, 4) is 0 Å². The van der Waals surface area contributed by atoms with Gasteiger partial charge in [-0.15, -0.1) is 0 Å². The summed E-state index contributed by atoms with van der Waals surface area (Å²) in [4.78, 5) is 38.8. The van der Waals surface area contributed by atoms with Crippen molar-refractivity contribution < 1.29 is 38.4 Å². The van der Waals surface area contributed by atoms with Crippen LogP contribution >= 0.6 is 0 Å². The number of carbonyl (C=O) groups excluding carboxylic acids is 2. The molecule has 44 heavy (non-hydrogen) atoms. The molecule has 0 bridgehead atoms. The van der Waals surface area contributed by atoms with E-state index in [0.717, 1.165) is 0 Å². The lowest BCUT2D eigenvalue weighted by atomic mass is 9.75. The number of hydrogen-bond acceptors (Lipinski definition) is 8. The van der Waals surface area contributed by atoms with E-state index >= 15 is 0 Å². The summed E-state index contributed by atoms with van der Waals surface area (Å²) in [6.07, 6.45) is -0.784. The highest BCUT2D eigenvalue weighted by Crippen LogP contribution is 2.42. The van der Waals surface area contributed by atoms with Crippen LogP contribution in [0.2, 0.25) is 0 Å². The van der Waals surface area contributed by atoms with Gasteiger partial charge in [0.15, 0.2) is 0 Å². The number of carboxylic acids is 1. The third-order valence-corrected chi connectivity index (χ3v) is 7.45. The number of amides is 1. The molecule has 3 aromatic carbocycles. The average molecular weight is 605 g/mol. The molecule has 10 nitrogen and oxygen atoms in total. The fourth-order valence-corrected chi connectivity index (χ4v) is 5.41. The molecule has 1 N–H and O–H groups in total. The molecule has 0 radical (unpaired) electrons. The Morgan fingerprint density at radius 1 is 0.591 bits per heavy atom. The maximum atomic E-state index is 12.8. The number of aliphatic carboxylic acids is 1. The third-order valence-electron chi connectivity index (χ3n) is 7.45. The van der Waals surface area contributed by atoms with Crippen molar-refractivity contribution in [3.05, 3.63) is 108 Å². The van der Waals surface area contributed by atoms with Crippen molar-refractivity contribution in [2.45, 2.75) is 18.4 Å². The highest BCUT2D eigenvalue weighted by molar-refractivity contribution is 5.76. The topological polar surface area (TPSA) is 115 Å². The number of nitrogens with zero attached hydrogens (tertiary/aromatic N) is 2. The lowest BCUT2D eigenvalue weighted by Crippen LogP contribution is -2.57. The zero-order valence-electron chi connectivity index (χ0n) is 24.8. The number of benzene rings is 3. The van der Waals surface area contributed by atoms with Crippen LogP contribution in [0.3, 0.4) is 0 Å². The number of carboxylic acid groups (broad SMARTS) is 1. The molecule has 0 saturated carbocycles. The maximum Gasteiger partial charge on any atom is 0.409 e. The molecule has 0 spiro atoms. The Balaban J connectivity index is 1.23. The van der Waals surface area contributed by atoms with Crippen molar-refractivity contribution in [3.63, 3.8) is 0 Å². The van der Waals surface area contributed by atoms with E-state index in [9.17, 15) is 14.4 Å². The van der Waals surface area contributed by atoms with Crippen LogP contribution in [0.5, 0.6) is 0 Å². The minimum atomic E-state index is -1.05. The minimum absolute atomic E-state index is 0.0481. The molecule has 3 aromatic rings. The van der Waals surface area contributed by atoms with Crippen LogP contribution in [0.4, 0.5) is 4.79 Å². The molecule has 1 saturated heterocycles. The van der Waals surface area contributed by atoms with E-state index in [1.807, 2.05) is 18.2 Å². The second kappa shape index (κ2) is 17.1. The van der Waals surface area contributed by atoms with Crippen LogP contribution in [0.15, 0.2) is 91.0 Å². The van der Waals surface area contributed by atoms with Crippen LogP contribution in [-0.2, 0) is 34.1 Å². The van der Waals surface area contributed by atoms with Crippen molar-refractivity contribution >= 4 is 18.0 Å². The van der Waals surface area contributed by atoms with Crippen molar-refractivity contribution in [1.82, 2.24) is 9.80 Å². The maximum absolute atomic E-state index is 12.8. The second-order valence-corrected chi connectivity index (χ2v) is 10.2. The van der Waals surface area contributed by atoms with Crippen molar-refractivity contribution in [2.24, 2.45) is 0 Å². The largest absolute Gasteiger partial charge is 0.481 e. The number of esters is 1. The summed E-state index contributed by atoms with van der Waals surface area (Å²) in [7, 11) is 0. The second-order valence-electron chi connectivity index (χ2n) is 10.2. The monoisotopic (exact) mass is 604 g/mol. The first-order chi connectivity index (χ1) is 21.5. The van der Waals surface area contributed by atoms with Crippen LogP contribution in [0, 0.1) is 0 Å². The molecule has 1 aliphatic rings. The van der Waals surface area contributed by atoms with E-state index in [0.29, 0.717) is 32.8 Å². The molecule has 1 heterocycles. The van der Waals surface area contributed by atoms with E-state index in [4.69, 9.17) is 24.1 Å². The lowest BCUT2D eigenvalue weighted by Gasteiger charge is -2.48. The Morgan fingerprint density at radius 2 is 1.02 bits per heavy atom. The van der Waals surface area contributed by atoms with Crippen LogP contribution in [-0.4, -0.2) is 98.8 Å².